The van der Waals surface area contributed by atoms with Crippen molar-refractivity contribution in [2.45, 2.75) is 12.1 Å². The summed E-state index contributed by atoms with van der Waals surface area (Å²) in [5.74, 6) is 0.176. The van der Waals surface area contributed by atoms with Gasteiger partial charge in [0.15, 0.2) is 5.11 Å². The molecule has 1 aliphatic rings. The van der Waals surface area contributed by atoms with E-state index in [1.807, 2.05) is 59.6 Å². The molecule has 6 nitrogen and oxygen atoms in total. The van der Waals surface area contributed by atoms with Crippen LogP contribution in [-0.4, -0.2) is 24.8 Å². The Morgan fingerprint density at radius 2 is 1.70 bits per heavy atom. The van der Waals surface area contributed by atoms with Crippen molar-refractivity contribution in [3.63, 3.8) is 0 Å². The predicted octanol–water partition coefficient (Wildman–Crippen LogP) is 4.15. The van der Waals surface area contributed by atoms with Crippen LogP contribution >= 0.6 is 12.2 Å². The zero-order chi connectivity index (χ0) is 20.5. The van der Waals surface area contributed by atoms with E-state index in [9.17, 15) is 5.11 Å². The number of aromatic nitrogens is 3. The number of thiocarbonyl (C=S) groups is 1. The van der Waals surface area contributed by atoms with Crippen LogP contribution in [0.5, 0.6) is 5.75 Å². The van der Waals surface area contributed by atoms with Gasteiger partial charge in [-0.1, -0.05) is 18.2 Å². The van der Waals surface area contributed by atoms with Crippen LogP contribution in [-0.2, 0) is 0 Å². The molecule has 0 radical (unpaired) electrons. The van der Waals surface area contributed by atoms with E-state index in [4.69, 9.17) is 12.2 Å². The molecule has 5 rings (SSSR count). The van der Waals surface area contributed by atoms with Gasteiger partial charge in [0.05, 0.1) is 17.4 Å². The van der Waals surface area contributed by atoms with Gasteiger partial charge in [-0.05, 0) is 60.7 Å². The van der Waals surface area contributed by atoms with E-state index in [0.29, 0.717) is 10.8 Å². The van der Waals surface area contributed by atoms with Gasteiger partial charge in [0.1, 0.15) is 11.8 Å². The summed E-state index contributed by atoms with van der Waals surface area (Å²) in [7, 11) is 0. The Labute approximate surface area is 179 Å². The first kappa shape index (κ1) is 18.3. The van der Waals surface area contributed by atoms with Crippen LogP contribution in [0.2, 0.25) is 0 Å². The maximum Gasteiger partial charge on any atom is 0.174 e. The molecule has 0 saturated carbocycles. The summed E-state index contributed by atoms with van der Waals surface area (Å²) in [4.78, 5) is 10.7. The lowest BCUT2D eigenvalue weighted by molar-refractivity contribution is 0.472. The number of anilines is 1. The van der Waals surface area contributed by atoms with Gasteiger partial charge in [-0.2, -0.15) is 0 Å². The van der Waals surface area contributed by atoms with Gasteiger partial charge >= 0.3 is 0 Å². The maximum absolute atomic E-state index is 10.6. The van der Waals surface area contributed by atoms with Crippen molar-refractivity contribution in [2.75, 3.05) is 4.90 Å². The van der Waals surface area contributed by atoms with E-state index in [1.54, 1.807) is 30.7 Å². The highest BCUT2D eigenvalue weighted by Gasteiger charge is 2.42. The summed E-state index contributed by atoms with van der Waals surface area (Å²) in [6.45, 7) is 0. The van der Waals surface area contributed by atoms with E-state index in [-0.39, 0.29) is 17.8 Å². The summed E-state index contributed by atoms with van der Waals surface area (Å²) in [5.41, 5.74) is 3.55. The highest BCUT2D eigenvalue weighted by molar-refractivity contribution is 7.80. The zero-order valence-corrected chi connectivity index (χ0v) is 16.8. The fourth-order valence-corrected chi connectivity index (χ4v) is 4.30. The summed E-state index contributed by atoms with van der Waals surface area (Å²) in [6, 6.07) is 20.7. The third-order valence-electron chi connectivity index (χ3n) is 5.26. The van der Waals surface area contributed by atoms with Crippen molar-refractivity contribution in [1.29, 1.82) is 0 Å². The van der Waals surface area contributed by atoms with Gasteiger partial charge in [-0.25, -0.2) is 0 Å². The van der Waals surface area contributed by atoms with Crippen LogP contribution in [0.15, 0.2) is 91.5 Å². The molecular weight excluding hydrogens is 394 g/mol. The van der Waals surface area contributed by atoms with E-state index in [2.05, 4.69) is 25.9 Å². The van der Waals surface area contributed by atoms with Crippen molar-refractivity contribution >= 4 is 23.0 Å². The lowest BCUT2D eigenvalue weighted by Crippen LogP contribution is -2.30. The Balaban J connectivity index is 1.69. The second kappa shape index (κ2) is 7.61. The van der Waals surface area contributed by atoms with Crippen molar-refractivity contribution in [2.24, 2.45) is 0 Å². The van der Waals surface area contributed by atoms with Gasteiger partial charge in [0, 0.05) is 36.2 Å². The number of phenolic OH excluding ortho intramolecular Hbond substituents is 1. The van der Waals surface area contributed by atoms with Crippen molar-refractivity contribution in [3.8, 4) is 11.4 Å². The third kappa shape index (κ3) is 3.09. The zero-order valence-electron chi connectivity index (χ0n) is 16.0. The summed E-state index contributed by atoms with van der Waals surface area (Å²) in [5, 5.41) is 14.5. The number of nitrogens with zero attached hydrogens (tertiary/aromatic N) is 4. The lowest BCUT2D eigenvalue weighted by atomic mass is 10.0. The SMILES string of the molecule is Oc1ccccc1N1C(=S)N[C@@H](c2ccccn2)[C@@H]1c1cccn1-c1ccncc1. The van der Waals surface area contributed by atoms with E-state index in [1.165, 1.54) is 0 Å². The van der Waals surface area contributed by atoms with Crippen LogP contribution in [0.1, 0.15) is 23.5 Å². The molecule has 4 aromatic rings. The largest absolute Gasteiger partial charge is 0.506 e. The highest BCUT2D eigenvalue weighted by atomic mass is 32.1. The maximum atomic E-state index is 10.6. The van der Waals surface area contributed by atoms with Crippen molar-refractivity contribution in [1.82, 2.24) is 19.9 Å². The van der Waals surface area contributed by atoms with Crippen LogP contribution in [0.4, 0.5) is 5.69 Å². The van der Waals surface area contributed by atoms with E-state index >= 15 is 0 Å². The monoisotopic (exact) mass is 413 g/mol. The van der Waals surface area contributed by atoms with E-state index < -0.39 is 0 Å². The average Bonchev–Trinajstić information content (AvgIpc) is 3.40. The fraction of sp³-hybridized carbons (Fsp3) is 0.0870. The molecule has 30 heavy (non-hydrogen) atoms. The smallest absolute Gasteiger partial charge is 0.174 e. The number of benzene rings is 1. The lowest BCUT2D eigenvalue weighted by Gasteiger charge is -2.29. The fourth-order valence-electron chi connectivity index (χ4n) is 3.96. The Morgan fingerprint density at radius 1 is 0.900 bits per heavy atom. The Bertz CT molecular complexity index is 1180. The first-order valence-corrected chi connectivity index (χ1v) is 10.0. The molecule has 2 N–H and O–H groups in total. The molecule has 0 spiro atoms. The molecule has 148 valence electrons. The molecule has 7 heteroatoms. The minimum atomic E-state index is -0.219. The molecule has 4 heterocycles. The van der Waals surface area contributed by atoms with Crippen LogP contribution in [0, 0.1) is 0 Å². The third-order valence-corrected chi connectivity index (χ3v) is 5.58. The molecule has 3 aromatic heterocycles. The Morgan fingerprint density at radius 3 is 2.47 bits per heavy atom. The molecule has 0 unspecified atom stereocenters. The first-order chi connectivity index (χ1) is 14.7. The van der Waals surface area contributed by atoms with Gasteiger partial charge < -0.3 is 19.9 Å². The predicted molar refractivity (Wildman–Crippen MR) is 120 cm³/mol. The number of hydrogen-bond donors (Lipinski definition) is 2. The number of aromatic hydroxyl groups is 1. The van der Waals surface area contributed by atoms with Gasteiger partial charge in [-0.15, -0.1) is 0 Å². The van der Waals surface area contributed by atoms with Gasteiger partial charge in [0.25, 0.3) is 0 Å². The number of phenols is 1. The highest BCUT2D eigenvalue weighted by Crippen LogP contribution is 2.44. The topological polar surface area (TPSA) is 66.2 Å². The van der Waals surface area contributed by atoms with Crippen molar-refractivity contribution < 1.29 is 5.11 Å². The summed E-state index contributed by atoms with van der Waals surface area (Å²) < 4.78 is 2.12. The van der Waals surface area contributed by atoms with E-state index in [0.717, 1.165) is 17.1 Å². The minimum Gasteiger partial charge on any atom is -0.506 e. The molecule has 2 atom stereocenters. The summed E-state index contributed by atoms with van der Waals surface area (Å²) in [6.07, 6.45) is 7.34. The molecule has 0 amide bonds. The average molecular weight is 414 g/mol. The molecular formula is C23H19N5OS. The number of para-hydroxylation sites is 2. The second-order valence-electron chi connectivity index (χ2n) is 6.99. The standard InChI is InChI=1S/C23H19N5OS/c29-20-9-2-1-7-18(20)28-22(21(26-23(28)30)17-6-3-4-12-25-17)19-8-5-15-27(19)16-10-13-24-14-11-16/h1-15,21-22,29H,(H,26,30)/t21-,22-/m0/s1. The number of pyridine rings is 2. The number of rotatable bonds is 4. The molecule has 1 aliphatic heterocycles. The van der Waals surface area contributed by atoms with Gasteiger partial charge in [0.2, 0.25) is 0 Å². The second-order valence-corrected chi connectivity index (χ2v) is 7.38. The van der Waals surface area contributed by atoms with Crippen LogP contribution < -0.4 is 10.2 Å². The molecule has 1 saturated heterocycles. The van der Waals surface area contributed by atoms with Gasteiger partial charge in [-0.3, -0.25) is 9.97 Å². The Kier molecular flexibility index (Phi) is 4.65. The molecule has 1 aromatic carbocycles. The van der Waals surface area contributed by atoms with Crippen molar-refractivity contribution in [3.05, 3.63) is 103 Å². The summed E-state index contributed by atoms with van der Waals surface area (Å²) >= 11 is 5.73. The number of hydrogen-bond acceptors (Lipinski definition) is 4. The molecule has 1 fully saturated rings. The normalized spacial score (nSPS) is 18.4. The Hall–Kier alpha value is -3.71. The minimum absolute atomic E-state index is 0.176. The number of nitrogens with one attached hydrogen (secondary N) is 1. The molecule has 0 aliphatic carbocycles. The van der Waals surface area contributed by atoms with Crippen LogP contribution in [0.25, 0.3) is 5.69 Å². The first-order valence-electron chi connectivity index (χ1n) is 9.60. The molecule has 0 bridgehead atoms. The van der Waals surface area contributed by atoms with Crippen LogP contribution in [0.3, 0.4) is 0 Å². The quantitative estimate of drug-likeness (QED) is 0.490.